The zero-order valence-corrected chi connectivity index (χ0v) is 12.7. The van der Waals surface area contributed by atoms with Gasteiger partial charge < -0.3 is 10.1 Å². The molecule has 0 unspecified atom stereocenters. The van der Waals surface area contributed by atoms with Gasteiger partial charge in [-0.1, -0.05) is 12.1 Å². The molecule has 102 valence electrons. The van der Waals surface area contributed by atoms with Gasteiger partial charge in [0.2, 0.25) is 0 Å². The zero-order valence-electron chi connectivity index (χ0n) is 10.6. The Hall–Kier alpha value is -1.96. The second-order valence-electron chi connectivity index (χ2n) is 3.86. The summed E-state index contributed by atoms with van der Waals surface area (Å²) in [4.78, 5) is 27.2. The summed E-state index contributed by atoms with van der Waals surface area (Å²) in [5.41, 5.74) is 1.26. The molecule has 1 N–H and O–H groups in total. The molecule has 0 atom stereocenters. The molecule has 2 aromatic rings. The molecule has 0 bridgehead atoms. The van der Waals surface area contributed by atoms with E-state index in [9.17, 15) is 9.59 Å². The van der Waals surface area contributed by atoms with Gasteiger partial charge in [-0.15, -0.1) is 0 Å². The lowest BCUT2D eigenvalue weighted by Crippen LogP contribution is -2.15. The van der Waals surface area contributed by atoms with Crippen LogP contribution in [0.1, 0.15) is 20.8 Å². The standard InChI is InChI=1S/C14H11IN2O3/c1-20-14(19)9-6-7-12(16-8-9)13(18)17-11-5-3-2-4-10(11)15/h2-8H,1H3,(H,17,18). The van der Waals surface area contributed by atoms with Gasteiger partial charge in [-0.25, -0.2) is 4.79 Å². The highest BCUT2D eigenvalue weighted by molar-refractivity contribution is 14.1. The molecule has 0 aliphatic carbocycles. The number of nitrogens with one attached hydrogen (secondary N) is 1. The summed E-state index contributed by atoms with van der Waals surface area (Å²) < 4.78 is 5.50. The Morgan fingerprint density at radius 3 is 2.55 bits per heavy atom. The van der Waals surface area contributed by atoms with Crippen LogP contribution in [0.25, 0.3) is 0 Å². The number of hydrogen-bond acceptors (Lipinski definition) is 4. The minimum absolute atomic E-state index is 0.234. The topological polar surface area (TPSA) is 68.3 Å². The van der Waals surface area contributed by atoms with Crippen molar-refractivity contribution in [3.8, 4) is 0 Å². The van der Waals surface area contributed by atoms with E-state index in [1.807, 2.05) is 24.3 Å². The van der Waals surface area contributed by atoms with Crippen LogP contribution in [0, 0.1) is 3.57 Å². The maximum absolute atomic E-state index is 12.0. The monoisotopic (exact) mass is 382 g/mol. The first-order valence-corrected chi connectivity index (χ1v) is 6.80. The van der Waals surface area contributed by atoms with Crippen molar-refractivity contribution in [2.75, 3.05) is 12.4 Å². The number of amides is 1. The van der Waals surface area contributed by atoms with E-state index < -0.39 is 5.97 Å². The molecule has 0 saturated heterocycles. The molecular weight excluding hydrogens is 371 g/mol. The molecular formula is C14H11IN2O3. The first kappa shape index (κ1) is 14.4. The molecule has 1 aromatic heterocycles. The van der Waals surface area contributed by atoms with Crippen LogP contribution in [0.5, 0.6) is 0 Å². The number of anilines is 1. The van der Waals surface area contributed by atoms with Gasteiger partial charge in [0, 0.05) is 9.77 Å². The maximum Gasteiger partial charge on any atom is 0.339 e. The predicted molar refractivity (Wildman–Crippen MR) is 82.7 cm³/mol. The third-order valence-electron chi connectivity index (χ3n) is 2.54. The molecule has 0 radical (unpaired) electrons. The van der Waals surface area contributed by atoms with Crippen LogP contribution in [0.3, 0.4) is 0 Å². The van der Waals surface area contributed by atoms with E-state index in [0.717, 1.165) is 9.26 Å². The second kappa shape index (κ2) is 6.47. The molecule has 2 rings (SSSR count). The molecule has 0 aliphatic rings. The molecule has 5 nitrogen and oxygen atoms in total. The lowest BCUT2D eigenvalue weighted by Gasteiger charge is -2.06. The minimum atomic E-state index is -0.484. The third kappa shape index (κ3) is 3.32. The molecule has 20 heavy (non-hydrogen) atoms. The van der Waals surface area contributed by atoms with Crippen molar-refractivity contribution in [3.05, 3.63) is 57.4 Å². The average Bonchev–Trinajstić information content (AvgIpc) is 2.49. The first-order valence-electron chi connectivity index (χ1n) is 5.72. The number of para-hydroxylation sites is 1. The van der Waals surface area contributed by atoms with Crippen LogP contribution >= 0.6 is 22.6 Å². The van der Waals surface area contributed by atoms with Crippen LogP contribution < -0.4 is 5.32 Å². The number of pyridine rings is 1. The van der Waals surface area contributed by atoms with Crippen LogP contribution in [-0.4, -0.2) is 24.0 Å². The van der Waals surface area contributed by atoms with Gasteiger partial charge in [0.1, 0.15) is 5.69 Å². The number of halogens is 1. The summed E-state index contributed by atoms with van der Waals surface area (Å²) in [5, 5.41) is 2.76. The quantitative estimate of drug-likeness (QED) is 0.655. The maximum atomic E-state index is 12.0. The van der Waals surface area contributed by atoms with Crippen molar-refractivity contribution in [3.63, 3.8) is 0 Å². The molecule has 0 spiro atoms. The Kier molecular flexibility index (Phi) is 4.67. The van der Waals surface area contributed by atoms with E-state index in [4.69, 9.17) is 0 Å². The summed E-state index contributed by atoms with van der Waals surface area (Å²) in [7, 11) is 1.29. The van der Waals surface area contributed by atoms with Crippen molar-refractivity contribution in [1.82, 2.24) is 4.98 Å². The van der Waals surface area contributed by atoms with Gasteiger partial charge in [-0.2, -0.15) is 0 Å². The molecule has 1 aromatic carbocycles. The van der Waals surface area contributed by atoms with Gasteiger partial charge in [-0.3, -0.25) is 9.78 Å². The number of benzene rings is 1. The number of hydrogen-bond donors (Lipinski definition) is 1. The lowest BCUT2D eigenvalue weighted by molar-refractivity contribution is 0.0600. The Bertz CT molecular complexity index is 641. The van der Waals surface area contributed by atoms with E-state index in [-0.39, 0.29) is 11.6 Å². The van der Waals surface area contributed by atoms with Crippen molar-refractivity contribution in [2.45, 2.75) is 0 Å². The van der Waals surface area contributed by atoms with Crippen molar-refractivity contribution in [1.29, 1.82) is 0 Å². The number of methoxy groups -OCH3 is 1. The van der Waals surface area contributed by atoms with Gasteiger partial charge in [-0.05, 0) is 46.9 Å². The Morgan fingerprint density at radius 1 is 1.20 bits per heavy atom. The average molecular weight is 382 g/mol. The van der Waals surface area contributed by atoms with E-state index in [2.05, 4.69) is 37.6 Å². The van der Waals surface area contributed by atoms with Gasteiger partial charge in [0.25, 0.3) is 5.91 Å². The normalized spacial score (nSPS) is 9.90. The highest BCUT2D eigenvalue weighted by Gasteiger charge is 2.11. The first-order chi connectivity index (χ1) is 9.61. The van der Waals surface area contributed by atoms with Crippen molar-refractivity contribution >= 4 is 40.2 Å². The summed E-state index contributed by atoms with van der Waals surface area (Å²) >= 11 is 2.14. The van der Waals surface area contributed by atoms with Gasteiger partial charge in [0.05, 0.1) is 18.4 Å². The van der Waals surface area contributed by atoms with Crippen LogP contribution in [-0.2, 0) is 4.74 Å². The van der Waals surface area contributed by atoms with Gasteiger partial charge in [0.15, 0.2) is 0 Å². The highest BCUT2D eigenvalue weighted by atomic mass is 127. The zero-order chi connectivity index (χ0) is 14.5. The summed E-state index contributed by atoms with van der Waals surface area (Å²) in [5.74, 6) is -0.812. The van der Waals surface area contributed by atoms with E-state index in [1.54, 1.807) is 0 Å². The van der Waals surface area contributed by atoms with E-state index in [1.165, 1.54) is 25.4 Å². The van der Waals surface area contributed by atoms with Crippen LogP contribution in [0.15, 0.2) is 42.6 Å². The number of aromatic nitrogens is 1. The van der Waals surface area contributed by atoms with Crippen molar-refractivity contribution < 1.29 is 14.3 Å². The van der Waals surface area contributed by atoms with E-state index in [0.29, 0.717) is 5.56 Å². The highest BCUT2D eigenvalue weighted by Crippen LogP contribution is 2.17. The number of rotatable bonds is 3. The summed E-state index contributed by atoms with van der Waals surface area (Å²) in [6.45, 7) is 0. The van der Waals surface area contributed by atoms with Crippen LogP contribution in [0.4, 0.5) is 5.69 Å². The fourth-order valence-electron chi connectivity index (χ4n) is 1.52. The molecule has 0 fully saturated rings. The Balaban J connectivity index is 2.14. The third-order valence-corrected chi connectivity index (χ3v) is 3.48. The molecule has 0 saturated carbocycles. The smallest absolute Gasteiger partial charge is 0.339 e. The summed E-state index contributed by atoms with van der Waals surface area (Å²) in [6.07, 6.45) is 1.32. The number of ether oxygens (including phenoxy) is 1. The number of esters is 1. The predicted octanol–water partition coefficient (Wildman–Crippen LogP) is 2.73. The lowest BCUT2D eigenvalue weighted by atomic mass is 10.2. The molecule has 6 heteroatoms. The molecule has 1 heterocycles. The summed E-state index contributed by atoms with van der Waals surface area (Å²) in [6, 6.07) is 10.4. The molecule has 1 amide bonds. The molecule has 0 aliphatic heterocycles. The fraction of sp³-hybridized carbons (Fsp3) is 0.0714. The number of nitrogens with zero attached hydrogens (tertiary/aromatic N) is 1. The van der Waals surface area contributed by atoms with E-state index >= 15 is 0 Å². The SMILES string of the molecule is COC(=O)c1ccc(C(=O)Nc2ccccc2I)nc1. The fourth-order valence-corrected chi connectivity index (χ4v) is 2.04. The number of carbonyl (C=O) groups excluding carboxylic acids is 2. The Morgan fingerprint density at radius 2 is 1.95 bits per heavy atom. The number of carbonyl (C=O) groups is 2. The Labute approximate surface area is 129 Å². The van der Waals surface area contributed by atoms with Crippen molar-refractivity contribution in [2.24, 2.45) is 0 Å². The minimum Gasteiger partial charge on any atom is -0.465 e. The van der Waals surface area contributed by atoms with Crippen LogP contribution in [0.2, 0.25) is 0 Å². The largest absolute Gasteiger partial charge is 0.465 e. The van der Waals surface area contributed by atoms with Gasteiger partial charge >= 0.3 is 5.97 Å². The second-order valence-corrected chi connectivity index (χ2v) is 5.02.